The quantitative estimate of drug-likeness (QED) is 0.0146. The molecule has 0 heterocycles. The first-order chi connectivity index (χ1) is 56.2. The van der Waals surface area contributed by atoms with Crippen molar-refractivity contribution in [2.24, 2.45) is 0 Å². The topological polar surface area (TPSA) is 231 Å². The molecule has 0 amide bonds. The van der Waals surface area contributed by atoms with E-state index in [-0.39, 0.29) is 19.3 Å². The van der Waals surface area contributed by atoms with Crippen LogP contribution in [0, 0.1) is 0 Å². The van der Waals surface area contributed by atoms with Crippen LogP contribution in [-0.2, 0) is 55.8 Å². The molecule has 0 aromatic rings. The smallest absolute Gasteiger partial charge is 0.463 e. The van der Waals surface area contributed by atoms with Gasteiger partial charge in [0.1, 0.15) is 25.4 Å². The fourth-order valence-electron chi connectivity index (χ4n) is 12.5. The molecule has 0 aliphatic rings. The lowest BCUT2D eigenvalue weighted by Crippen LogP contribution is -2.30. The van der Waals surface area contributed by atoms with E-state index in [1.165, 1.54) is 173 Å². The minimum absolute atomic E-state index is 0.0871. The van der Waals surface area contributed by atoms with Crippen LogP contribution < -0.4 is 0 Å². The summed E-state index contributed by atoms with van der Waals surface area (Å²) in [5, 5.41) is 20.7. The summed E-state index contributed by atoms with van der Waals surface area (Å²) >= 11 is 0. The van der Waals surface area contributed by atoms with E-state index in [0.717, 1.165) is 161 Å². The van der Waals surface area contributed by atoms with Gasteiger partial charge in [-0.05, 0) is 148 Å². The van der Waals surface area contributed by atoms with Crippen LogP contribution in [0.25, 0.3) is 0 Å². The fourth-order valence-corrected chi connectivity index (χ4v) is 14.1. The van der Waals surface area contributed by atoms with Gasteiger partial charge in [0.15, 0.2) is 6.10 Å². The Morgan fingerprint density at radius 2 is 0.461 bits per heavy atom. The summed E-state index contributed by atoms with van der Waals surface area (Å²) in [4.78, 5) is 59.0. The summed E-state index contributed by atoms with van der Waals surface area (Å²) in [6, 6.07) is 0. The highest BCUT2D eigenvalue weighted by Crippen LogP contribution is 2.45. The van der Waals surface area contributed by atoms with Gasteiger partial charge in [0, 0.05) is 19.3 Å². The molecule has 0 aromatic heterocycles. The predicted molar refractivity (Wildman–Crippen MR) is 482 cm³/mol. The van der Waals surface area contributed by atoms with Gasteiger partial charge in [-0.25, -0.2) is 9.13 Å². The predicted octanol–water partition coefficient (Wildman–Crippen LogP) is 28.3. The largest absolute Gasteiger partial charge is 0.472 e. The Hall–Kier alpha value is -4.57. The van der Waals surface area contributed by atoms with Gasteiger partial charge < -0.3 is 34.2 Å². The molecule has 115 heavy (non-hydrogen) atoms. The van der Waals surface area contributed by atoms with Crippen molar-refractivity contribution in [2.75, 3.05) is 39.6 Å². The van der Waals surface area contributed by atoms with Crippen LogP contribution >= 0.6 is 15.6 Å². The van der Waals surface area contributed by atoms with Crippen molar-refractivity contribution in [3.8, 4) is 0 Å². The highest BCUT2D eigenvalue weighted by molar-refractivity contribution is 7.47. The Labute approximate surface area is 702 Å². The number of esters is 3. The number of aliphatic hydroxyl groups is 2. The van der Waals surface area contributed by atoms with Crippen LogP contribution in [-0.4, -0.2) is 95.9 Å². The number of hydrogen-bond donors (Lipinski definition) is 4. The summed E-state index contributed by atoms with van der Waals surface area (Å²) in [5.41, 5.74) is 0. The first-order valence-electron chi connectivity index (χ1n) is 46.1. The number of phosphoric acid groups is 2. The third kappa shape index (κ3) is 90.0. The van der Waals surface area contributed by atoms with Crippen LogP contribution in [0.15, 0.2) is 146 Å². The molecular weight excluding hydrogens is 1480 g/mol. The monoisotopic (exact) mass is 1650 g/mol. The third-order valence-electron chi connectivity index (χ3n) is 19.5. The molecule has 18 heteroatoms. The highest BCUT2D eigenvalue weighted by Gasteiger charge is 2.29. The molecule has 0 saturated heterocycles. The zero-order chi connectivity index (χ0) is 83.6. The van der Waals surface area contributed by atoms with E-state index in [0.29, 0.717) is 19.3 Å². The molecule has 5 unspecified atom stereocenters. The summed E-state index contributed by atoms with van der Waals surface area (Å²) in [6.07, 6.45) is 112. The lowest BCUT2D eigenvalue weighted by Gasteiger charge is -2.21. The zero-order valence-electron chi connectivity index (χ0n) is 72.9. The molecule has 0 spiro atoms. The molecule has 0 saturated carbocycles. The summed E-state index contributed by atoms with van der Waals surface area (Å²) in [6.45, 7) is 2.55. The SMILES string of the molecule is CC/C=C\C/C=C\C/C=C\C/C=C\C/C=C\CCCCCCCCCCCCCC(=O)OCC(COP(=O)(O)OCC(O)COP(=O)(O)OCC(O)COC(=O)CCCCCCCCCCCCCCCCCCC/C=C\C/C=C\C/C=C\C/C=C\CCCCC)OC(=O)CCCCCCCC/C=C\C/C=C\C/C=C\CCCCC. The molecule has 0 bridgehead atoms. The van der Waals surface area contributed by atoms with Crippen molar-refractivity contribution in [1.82, 2.24) is 0 Å². The van der Waals surface area contributed by atoms with Gasteiger partial charge >= 0.3 is 33.6 Å². The molecule has 4 N–H and O–H groups in total. The number of rotatable bonds is 87. The van der Waals surface area contributed by atoms with Crippen LogP contribution in [0.5, 0.6) is 0 Å². The second-order valence-corrected chi connectivity index (χ2v) is 33.6. The highest BCUT2D eigenvalue weighted by atomic mass is 31.2. The van der Waals surface area contributed by atoms with Gasteiger partial charge in [0.05, 0.1) is 26.4 Å². The molecule has 16 nitrogen and oxygen atoms in total. The second kappa shape index (κ2) is 88.7. The van der Waals surface area contributed by atoms with Crippen LogP contribution in [0.2, 0.25) is 0 Å². The van der Waals surface area contributed by atoms with Gasteiger partial charge in [-0.15, -0.1) is 0 Å². The van der Waals surface area contributed by atoms with E-state index in [1.54, 1.807) is 0 Å². The van der Waals surface area contributed by atoms with Crippen molar-refractivity contribution in [1.29, 1.82) is 0 Å². The second-order valence-electron chi connectivity index (χ2n) is 30.7. The maximum absolute atomic E-state index is 13.0. The standard InChI is InChI=1S/C97H168O16P2/c1-4-7-10-13-16-19-22-25-28-31-34-36-38-40-42-43-44-45-46-47-49-51-52-54-57-59-62-65-68-71-74-77-80-83-95(100)107-86-92(98)87-109-114(103,104)110-88-93(99)89-111-115(105,106)112-91-94(113-97(102)85-82-79-76-73-70-67-64-61-56-33-30-27-24-21-18-15-12-9-6-3)90-108-96(101)84-81-78-75-72-69-66-63-60-58-55-53-50-48-41-39-37-35-32-29-26-23-20-17-14-11-8-5-2/h8,11,16-21,25-30,34-37,40-42,48,56,61,92-94,98-99H,4-7,9-10,12-15,22-24,31-33,38-39,43-47,49-55,57-60,62-91H2,1-3H3,(H,103,104)(H,105,106)/b11-8-,19-16-,20-17-,21-18-,28-25-,29-26-,30-27-,36-34-,37-35-,42-40-,48-41-,61-56-. The Bertz CT molecular complexity index is 2670. The molecular formula is C97H168O16P2. The number of aliphatic hydroxyl groups excluding tert-OH is 2. The van der Waals surface area contributed by atoms with Crippen molar-refractivity contribution < 1.29 is 75.8 Å². The van der Waals surface area contributed by atoms with Gasteiger partial charge in [-0.2, -0.15) is 0 Å². The van der Waals surface area contributed by atoms with Crippen molar-refractivity contribution in [3.63, 3.8) is 0 Å². The molecule has 0 rings (SSSR count). The normalized spacial score (nSPS) is 14.5. The minimum atomic E-state index is -4.95. The first-order valence-corrected chi connectivity index (χ1v) is 49.1. The van der Waals surface area contributed by atoms with E-state index in [2.05, 4.69) is 167 Å². The summed E-state index contributed by atoms with van der Waals surface area (Å²) in [7, 11) is -9.81. The van der Waals surface area contributed by atoms with Crippen LogP contribution in [0.1, 0.15) is 393 Å². The lowest BCUT2D eigenvalue weighted by molar-refractivity contribution is -0.161. The lowest BCUT2D eigenvalue weighted by atomic mass is 10.0. The van der Waals surface area contributed by atoms with Crippen LogP contribution in [0.3, 0.4) is 0 Å². The molecule has 0 fully saturated rings. The molecule has 0 aliphatic carbocycles. The van der Waals surface area contributed by atoms with Crippen molar-refractivity contribution in [2.45, 2.75) is 411 Å². The number of ether oxygens (including phenoxy) is 3. The van der Waals surface area contributed by atoms with Crippen molar-refractivity contribution in [3.05, 3.63) is 146 Å². The number of unbranched alkanes of at least 4 members (excludes halogenated alkanes) is 40. The van der Waals surface area contributed by atoms with Gasteiger partial charge in [-0.3, -0.25) is 32.5 Å². The van der Waals surface area contributed by atoms with E-state index in [9.17, 15) is 43.5 Å². The van der Waals surface area contributed by atoms with E-state index >= 15 is 0 Å². The maximum Gasteiger partial charge on any atom is 0.472 e. The number of hydrogen-bond acceptors (Lipinski definition) is 14. The molecule has 5 atom stereocenters. The summed E-state index contributed by atoms with van der Waals surface area (Å²) < 4.78 is 61.5. The Morgan fingerprint density at radius 3 is 0.730 bits per heavy atom. The fraction of sp³-hybridized carbons (Fsp3) is 0.722. The maximum atomic E-state index is 13.0. The molecule has 662 valence electrons. The van der Waals surface area contributed by atoms with Crippen molar-refractivity contribution >= 4 is 33.6 Å². The molecule has 0 aliphatic heterocycles. The van der Waals surface area contributed by atoms with E-state index in [4.69, 9.17) is 32.3 Å². The number of carbonyl (C=O) groups excluding carboxylic acids is 3. The van der Waals surface area contributed by atoms with Gasteiger partial charge in [0.2, 0.25) is 0 Å². The van der Waals surface area contributed by atoms with E-state index in [1.807, 2.05) is 0 Å². The molecule has 0 aromatic carbocycles. The Balaban J connectivity index is 4.53. The average Bonchev–Trinajstić information content (AvgIpc) is 0.902. The average molecular weight is 1650 g/mol. The Kier molecular flexibility index (Phi) is 85.2. The minimum Gasteiger partial charge on any atom is -0.463 e. The number of phosphoric ester groups is 2. The van der Waals surface area contributed by atoms with Gasteiger partial charge in [0.25, 0.3) is 0 Å². The zero-order valence-corrected chi connectivity index (χ0v) is 74.7. The number of carbonyl (C=O) groups is 3. The molecule has 0 radical (unpaired) electrons. The van der Waals surface area contributed by atoms with E-state index < -0.39 is 91.5 Å². The number of allylic oxidation sites excluding steroid dienone is 24. The Morgan fingerprint density at radius 1 is 0.252 bits per heavy atom. The summed E-state index contributed by atoms with van der Waals surface area (Å²) in [5.74, 6) is -1.58. The first kappa shape index (κ1) is 110. The third-order valence-corrected chi connectivity index (χ3v) is 21.4. The van der Waals surface area contributed by atoms with Crippen LogP contribution in [0.4, 0.5) is 0 Å². The van der Waals surface area contributed by atoms with Gasteiger partial charge in [-0.1, -0.05) is 372 Å².